The van der Waals surface area contributed by atoms with Gasteiger partial charge in [0.1, 0.15) is 0 Å². The Labute approximate surface area is 202 Å². The summed E-state index contributed by atoms with van der Waals surface area (Å²) in [6.07, 6.45) is 3.36. The van der Waals surface area contributed by atoms with Crippen molar-refractivity contribution >= 4 is 17.7 Å². The van der Waals surface area contributed by atoms with Crippen molar-refractivity contribution in [2.24, 2.45) is 5.92 Å². The number of benzene rings is 2. The molecule has 2 radical (unpaired) electrons. The van der Waals surface area contributed by atoms with Crippen molar-refractivity contribution in [1.29, 1.82) is 0 Å². The first-order valence-corrected chi connectivity index (χ1v) is 13.8. The molecule has 0 heterocycles. The fourth-order valence-corrected chi connectivity index (χ4v) is 3.79. The number of aryl methyl sites for hydroxylation is 2. The Morgan fingerprint density at radius 1 is 0.867 bits per heavy atom. The number of hydrogen-bond donors (Lipinski definition) is 0. The maximum atomic E-state index is 3.36. The van der Waals surface area contributed by atoms with Gasteiger partial charge >= 0.3 is 30.2 Å². The quantitative estimate of drug-likeness (QED) is 0.239. The van der Waals surface area contributed by atoms with Crippen molar-refractivity contribution in [2.75, 3.05) is 0 Å². The summed E-state index contributed by atoms with van der Waals surface area (Å²) in [6.45, 7) is 16.1. The molecule has 0 N–H and O–H groups in total. The van der Waals surface area contributed by atoms with E-state index >= 15 is 0 Å². The molecule has 0 fully saturated rings. The van der Waals surface area contributed by atoms with Crippen LogP contribution in [0.4, 0.5) is 0 Å². The van der Waals surface area contributed by atoms with E-state index in [1.807, 2.05) is 0 Å². The number of allylic oxidation sites excluding steroid dienone is 4. The molecule has 0 spiro atoms. The molecule has 1 atom stereocenters. The first kappa shape index (κ1) is 28.6. The minimum absolute atomic E-state index is 0. The normalized spacial score (nSPS) is 14.4. The fourth-order valence-electron chi connectivity index (χ4n) is 3.79. The van der Waals surface area contributed by atoms with Crippen LogP contribution in [0.1, 0.15) is 38.8 Å². The van der Waals surface area contributed by atoms with Gasteiger partial charge in [0, 0.05) is 0 Å². The molecule has 0 saturated heterocycles. The van der Waals surface area contributed by atoms with Crippen LogP contribution in [0.2, 0.25) is 0 Å². The molecule has 4 rings (SSSR count). The monoisotopic (exact) mass is 488 g/mol. The van der Waals surface area contributed by atoms with Gasteiger partial charge in [-0.1, -0.05) is 81.1 Å². The summed E-state index contributed by atoms with van der Waals surface area (Å²) >= 11 is 1.36. The average molecular weight is 490 g/mol. The molecule has 0 bridgehead atoms. The van der Waals surface area contributed by atoms with E-state index in [-0.39, 0.29) is 14.9 Å². The topological polar surface area (TPSA) is 0 Å². The molecule has 0 amide bonds. The van der Waals surface area contributed by atoms with E-state index in [2.05, 4.69) is 109 Å². The van der Waals surface area contributed by atoms with Gasteiger partial charge < -0.3 is 14.9 Å². The van der Waals surface area contributed by atoms with Gasteiger partial charge in [0.25, 0.3) is 0 Å². The molecular weight excluding hydrogens is 456 g/mol. The molecule has 2 heteroatoms. The van der Waals surface area contributed by atoms with Crippen LogP contribution in [0.15, 0.2) is 71.3 Å². The van der Waals surface area contributed by atoms with Crippen molar-refractivity contribution in [2.45, 2.75) is 41.5 Å². The molecule has 158 valence electrons. The van der Waals surface area contributed by atoms with Crippen LogP contribution in [0.25, 0.3) is 21.9 Å². The summed E-state index contributed by atoms with van der Waals surface area (Å²) in [5.41, 5.74) is 9.66. The van der Waals surface area contributed by atoms with Crippen LogP contribution in [0.3, 0.4) is 0 Å². The zero-order chi connectivity index (χ0) is 20.8. The SMILES string of the molecule is CC1=[C-]C(C)C(C)=C1C.Cc1[cH-]c2cccc(C)c2c1-c1ccccc1.[CH3-].[CH3-].[Si]=[Zr]. The molecule has 0 aromatic heterocycles. The number of fused-ring (bicyclic) bond motifs is 1. The first-order valence-electron chi connectivity index (χ1n) is 9.64. The van der Waals surface area contributed by atoms with Gasteiger partial charge in [-0.2, -0.15) is 11.1 Å². The van der Waals surface area contributed by atoms with Crippen molar-refractivity contribution in [1.82, 2.24) is 0 Å². The van der Waals surface area contributed by atoms with Crippen LogP contribution in [-0.2, 0) is 23.3 Å². The van der Waals surface area contributed by atoms with Crippen molar-refractivity contribution in [3.8, 4) is 11.1 Å². The summed E-state index contributed by atoms with van der Waals surface area (Å²) in [6, 6.07) is 19.4. The predicted molar refractivity (Wildman–Crippen MR) is 133 cm³/mol. The third-order valence-corrected chi connectivity index (χ3v) is 5.62. The van der Waals surface area contributed by atoms with Crippen molar-refractivity contribution < 1.29 is 23.3 Å². The second kappa shape index (κ2) is 13.1. The predicted octanol–water partition coefficient (Wildman–Crippen LogP) is 8.08. The standard InChI is InChI=1S/C17H15.C9H13.2CH3.Si.Zr/c1-12-7-6-10-15-11-13(2)17(16(12)15)14-8-4-3-5-9-14;1-6-5-7(2)9(4)8(6)3;;;;/h3-11H,1-2H3;6H,1-4H3;2*1H3;;/q4*-1;;. The van der Waals surface area contributed by atoms with Gasteiger partial charge in [-0.25, -0.2) is 5.57 Å². The molecule has 0 aliphatic heterocycles. The molecule has 1 unspecified atom stereocenters. The fraction of sp³-hybridized carbons (Fsp3) is 0.250. The van der Waals surface area contributed by atoms with E-state index in [0.29, 0.717) is 5.92 Å². The van der Waals surface area contributed by atoms with Gasteiger partial charge in [-0.15, -0.1) is 47.0 Å². The average Bonchev–Trinajstić information content (AvgIpc) is 3.16. The van der Waals surface area contributed by atoms with E-state index in [0.717, 1.165) is 0 Å². The summed E-state index contributed by atoms with van der Waals surface area (Å²) in [5, 5.41) is 2.75. The van der Waals surface area contributed by atoms with Crippen LogP contribution < -0.4 is 0 Å². The third-order valence-electron chi connectivity index (χ3n) is 5.62. The van der Waals surface area contributed by atoms with Gasteiger partial charge in [0.15, 0.2) is 0 Å². The number of hydrogen-bond acceptors (Lipinski definition) is 0. The van der Waals surface area contributed by atoms with Crippen molar-refractivity contribution in [3.63, 3.8) is 0 Å². The third kappa shape index (κ3) is 6.32. The molecular formula is C28H34SiZr-4. The Morgan fingerprint density at radius 2 is 1.47 bits per heavy atom. The Kier molecular flexibility index (Phi) is 12.5. The van der Waals surface area contributed by atoms with Crippen molar-refractivity contribution in [3.05, 3.63) is 103 Å². The van der Waals surface area contributed by atoms with E-state index in [1.165, 1.54) is 73.1 Å². The Bertz CT molecular complexity index is 1010. The molecule has 30 heavy (non-hydrogen) atoms. The zero-order valence-corrected chi connectivity index (χ0v) is 23.2. The number of rotatable bonds is 1. The second-order valence-corrected chi connectivity index (χ2v) is 7.41. The van der Waals surface area contributed by atoms with Gasteiger partial charge in [-0.05, 0) is 6.92 Å². The maximum absolute atomic E-state index is 3.36. The Hall–Kier alpha value is -1.37. The van der Waals surface area contributed by atoms with Crippen LogP contribution in [0.5, 0.6) is 0 Å². The molecule has 0 saturated carbocycles. The summed E-state index contributed by atoms with van der Waals surface area (Å²) in [7, 11) is 0. The summed E-state index contributed by atoms with van der Waals surface area (Å²) < 4.78 is 0. The van der Waals surface area contributed by atoms with Gasteiger partial charge in [0.2, 0.25) is 0 Å². The van der Waals surface area contributed by atoms with Gasteiger partial charge in [0.05, 0.1) is 0 Å². The second-order valence-electron chi connectivity index (χ2n) is 7.41. The molecule has 1 aliphatic rings. The summed E-state index contributed by atoms with van der Waals surface area (Å²) in [4.78, 5) is 0. The minimum atomic E-state index is 0. The molecule has 3 aromatic rings. The van der Waals surface area contributed by atoms with Crippen LogP contribution in [-0.4, -0.2) is 6.88 Å². The molecule has 0 nitrogen and oxygen atoms in total. The first-order chi connectivity index (χ1) is 13.4. The Balaban J connectivity index is 0.000000558. The molecule has 1 aliphatic carbocycles. The summed E-state index contributed by atoms with van der Waals surface area (Å²) in [5.74, 6) is 0.560. The Morgan fingerprint density at radius 3 is 1.93 bits per heavy atom. The van der Waals surface area contributed by atoms with Gasteiger partial charge in [-0.3, -0.25) is 6.08 Å². The zero-order valence-electron chi connectivity index (χ0n) is 19.8. The van der Waals surface area contributed by atoms with E-state index in [4.69, 9.17) is 0 Å². The van der Waals surface area contributed by atoms with Crippen LogP contribution >= 0.6 is 0 Å². The molecule has 3 aromatic carbocycles. The van der Waals surface area contributed by atoms with E-state index in [9.17, 15) is 0 Å². The van der Waals surface area contributed by atoms with E-state index in [1.54, 1.807) is 0 Å². The van der Waals surface area contributed by atoms with Crippen LogP contribution in [0, 0.1) is 40.7 Å². The van der Waals surface area contributed by atoms with E-state index < -0.39 is 0 Å².